The van der Waals surface area contributed by atoms with Crippen molar-refractivity contribution < 1.29 is 12.8 Å². The van der Waals surface area contributed by atoms with E-state index in [0.29, 0.717) is 19.0 Å². The summed E-state index contributed by atoms with van der Waals surface area (Å²) >= 11 is 0. The molecule has 6 heteroatoms. The molecule has 1 N–H and O–H groups in total. The lowest BCUT2D eigenvalue weighted by atomic mass is 10.2. The fraction of sp³-hybridized carbons (Fsp3) is 0.714. The van der Waals surface area contributed by atoms with Gasteiger partial charge in [0, 0.05) is 24.9 Å². The van der Waals surface area contributed by atoms with Gasteiger partial charge < -0.3 is 9.73 Å². The van der Waals surface area contributed by atoms with Crippen molar-refractivity contribution >= 4 is 9.84 Å². The van der Waals surface area contributed by atoms with Gasteiger partial charge in [-0.15, -0.1) is 0 Å². The van der Waals surface area contributed by atoms with Crippen LogP contribution in [0, 0.1) is 5.92 Å². The van der Waals surface area contributed by atoms with Crippen molar-refractivity contribution in [3.05, 3.63) is 23.7 Å². The Balaban J connectivity index is 2.35. The van der Waals surface area contributed by atoms with Gasteiger partial charge in [0.1, 0.15) is 15.6 Å². The molecule has 0 saturated heterocycles. The lowest BCUT2D eigenvalue weighted by Gasteiger charge is -2.13. The second-order valence-electron chi connectivity index (χ2n) is 5.81. The van der Waals surface area contributed by atoms with Gasteiger partial charge in [-0.2, -0.15) is 0 Å². The van der Waals surface area contributed by atoms with E-state index in [9.17, 15) is 8.42 Å². The van der Waals surface area contributed by atoms with Gasteiger partial charge in [0.15, 0.2) is 0 Å². The number of sulfone groups is 1. The van der Waals surface area contributed by atoms with E-state index in [-0.39, 0.29) is 5.75 Å². The van der Waals surface area contributed by atoms with Crippen LogP contribution in [0.3, 0.4) is 0 Å². The molecule has 1 rings (SSSR count). The minimum Gasteiger partial charge on any atom is -0.468 e. The average Bonchev–Trinajstić information content (AvgIpc) is 2.73. The highest BCUT2D eigenvalue weighted by Crippen LogP contribution is 2.10. The molecule has 0 fully saturated rings. The van der Waals surface area contributed by atoms with Gasteiger partial charge in [-0.3, -0.25) is 4.90 Å². The Morgan fingerprint density at radius 3 is 2.70 bits per heavy atom. The predicted molar refractivity (Wildman–Crippen MR) is 81.3 cm³/mol. The highest BCUT2D eigenvalue weighted by atomic mass is 32.2. The molecule has 1 heterocycles. The lowest BCUT2D eigenvalue weighted by molar-refractivity contribution is 0.310. The van der Waals surface area contributed by atoms with E-state index < -0.39 is 9.84 Å². The minimum atomic E-state index is -2.91. The SMILES string of the molecule is CC(C)CNCc1coc(CN(C)CCS(C)(=O)=O)c1. The third-order valence-electron chi connectivity index (χ3n) is 2.86. The molecule has 0 bridgehead atoms. The van der Waals surface area contributed by atoms with Crippen LogP contribution in [0.25, 0.3) is 0 Å². The van der Waals surface area contributed by atoms with E-state index in [4.69, 9.17) is 4.42 Å². The number of furan rings is 1. The van der Waals surface area contributed by atoms with Gasteiger partial charge in [-0.1, -0.05) is 13.8 Å². The average molecular weight is 302 g/mol. The summed E-state index contributed by atoms with van der Waals surface area (Å²) in [6.45, 7) is 7.26. The number of nitrogens with one attached hydrogen (secondary N) is 1. The highest BCUT2D eigenvalue weighted by molar-refractivity contribution is 7.90. The van der Waals surface area contributed by atoms with Crippen LogP contribution in [0.15, 0.2) is 16.7 Å². The van der Waals surface area contributed by atoms with Gasteiger partial charge >= 0.3 is 0 Å². The van der Waals surface area contributed by atoms with E-state index in [1.807, 2.05) is 18.0 Å². The first-order valence-electron chi connectivity index (χ1n) is 6.89. The fourth-order valence-corrected chi connectivity index (χ4v) is 2.42. The van der Waals surface area contributed by atoms with Crippen LogP contribution in [-0.2, 0) is 22.9 Å². The van der Waals surface area contributed by atoms with E-state index in [1.54, 1.807) is 6.26 Å². The monoisotopic (exact) mass is 302 g/mol. The fourth-order valence-electron chi connectivity index (χ4n) is 1.77. The number of hydrogen-bond acceptors (Lipinski definition) is 5. The molecular weight excluding hydrogens is 276 g/mol. The first-order chi connectivity index (χ1) is 9.26. The van der Waals surface area contributed by atoms with Crippen LogP contribution >= 0.6 is 0 Å². The molecule has 0 aliphatic carbocycles. The van der Waals surface area contributed by atoms with E-state index >= 15 is 0 Å². The number of rotatable bonds is 9. The molecule has 116 valence electrons. The molecule has 5 nitrogen and oxygen atoms in total. The molecule has 0 aliphatic rings. The van der Waals surface area contributed by atoms with Crippen LogP contribution < -0.4 is 5.32 Å². The van der Waals surface area contributed by atoms with Crippen molar-refractivity contribution in [1.29, 1.82) is 0 Å². The Kier molecular flexibility index (Phi) is 6.71. The minimum absolute atomic E-state index is 0.174. The van der Waals surface area contributed by atoms with Crippen LogP contribution in [0.5, 0.6) is 0 Å². The Bertz CT molecular complexity index is 494. The highest BCUT2D eigenvalue weighted by Gasteiger charge is 2.08. The topological polar surface area (TPSA) is 62.6 Å². The third-order valence-corrected chi connectivity index (χ3v) is 3.78. The summed E-state index contributed by atoms with van der Waals surface area (Å²) in [4.78, 5) is 1.95. The van der Waals surface area contributed by atoms with Gasteiger partial charge in [-0.25, -0.2) is 8.42 Å². The summed E-state index contributed by atoms with van der Waals surface area (Å²) in [6.07, 6.45) is 3.01. The standard InChI is InChI=1S/C14H26N2O3S/c1-12(2)8-15-9-13-7-14(19-11-13)10-16(3)5-6-20(4,17)18/h7,11-12,15H,5-6,8-10H2,1-4H3. The molecule has 0 aromatic carbocycles. The smallest absolute Gasteiger partial charge is 0.148 e. The van der Waals surface area contributed by atoms with Crippen molar-refractivity contribution in [2.24, 2.45) is 5.92 Å². The number of nitrogens with zero attached hydrogens (tertiary/aromatic N) is 1. The zero-order valence-electron chi connectivity index (χ0n) is 12.8. The van der Waals surface area contributed by atoms with Gasteiger partial charge in [-0.05, 0) is 25.6 Å². The molecule has 0 aliphatic heterocycles. The van der Waals surface area contributed by atoms with Crippen molar-refractivity contribution in [3.63, 3.8) is 0 Å². The van der Waals surface area contributed by atoms with Crippen molar-refractivity contribution in [1.82, 2.24) is 10.2 Å². The second kappa shape index (κ2) is 7.81. The van der Waals surface area contributed by atoms with Crippen LogP contribution in [0.1, 0.15) is 25.2 Å². The molecule has 0 saturated carbocycles. The normalized spacial score (nSPS) is 12.5. The first kappa shape index (κ1) is 17.2. The summed E-state index contributed by atoms with van der Waals surface area (Å²) in [5.41, 5.74) is 1.12. The molecule has 0 radical (unpaired) electrons. The third kappa shape index (κ3) is 7.67. The van der Waals surface area contributed by atoms with E-state index in [2.05, 4.69) is 19.2 Å². The maximum Gasteiger partial charge on any atom is 0.148 e. The van der Waals surface area contributed by atoms with Gasteiger partial charge in [0.25, 0.3) is 0 Å². The van der Waals surface area contributed by atoms with Crippen LogP contribution in [-0.4, -0.2) is 45.5 Å². The number of hydrogen-bond donors (Lipinski definition) is 1. The summed E-state index contributed by atoms with van der Waals surface area (Å²) < 4.78 is 27.7. The molecule has 20 heavy (non-hydrogen) atoms. The molecule has 0 unspecified atom stereocenters. The maximum absolute atomic E-state index is 11.1. The summed E-state index contributed by atoms with van der Waals surface area (Å²) in [6, 6.07) is 2.02. The Labute approximate surface area is 122 Å². The zero-order chi connectivity index (χ0) is 15.2. The van der Waals surface area contributed by atoms with Crippen LogP contribution in [0.2, 0.25) is 0 Å². The Hall–Kier alpha value is -0.850. The quantitative estimate of drug-likeness (QED) is 0.749. The molecular formula is C14H26N2O3S. The van der Waals surface area contributed by atoms with E-state index in [0.717, 1.165) is 24.4 Å². The summed E-state index contributed by atoms with van der Waals surface area (Å²) in [5.74, 6) is 1.67. The molecule has 1 aromatic heterocycles. The molecule has 0 amide bonds. The van der Waals surface area contributed by atoms with E-state index in [1.165, 1.54) is 6.26 Å². The van der Waals surface area contributed by atoms with Crippen LogP contribution in [0.4, 0.5) is 0 Å². The Morgan fingerprint density at radius 2 is 2.10 bits per heavy atom. The van der Waals surface area contributed by atoms with Gasteiger partial charge in [0.05, 0.1) is 18.6 Å². The van der Waals surface area contributed by atoms with Crippen molar-refractivity contribution in [3.8, 4) is 0 Å². The van der Waals surface area contributed by atoms with Crippen molar-refractivity contribution in [2.45, 2.75) is 26.9 Å². The molecule has 0 atom stereocenters. The lowest BCUT2D eigenvalue weighted by Crippen LogP contribution is -2.24. The molecule has 0 spiro atoms. The second-order valence-corrected chi connectivity index (χ2v) is 8.07. The molecule has 1 aromatic rings. The predicted octanol–water partition coefficient (Wildman–Crippen LogP) is 1.50. The van der Waals surface area contributed by atoms with Gasteiger partial charge in [0.2, 0.25) is 0 Å². The van der Waals surface area contributed by atoms with Crippen molar-refractivity contribution in [2.75, 3.05) is 32.1 Å². The first-order valence-corrected chi connectivity index (χ1v) is 8.95. The maximum atomic E-state index is 11.1. The summed E-state index contributed by atoms with van der Waals surface area (Å²) in [7, 11) is -1.02. The summed E-state index contributed by atoms with van der Waals surface area (Å²) in [5, 5.41) is 3.36. The largest absolute Gasteiger partial charge is 0.468 e. The zero-order valence-corrected chi connectivity index (χ0v) is 13.7. The Morgan fingerprint density at radius 1 is 1.40 bits per heavy atom.